The molecular weight excluding hydrogens is 811 g/mol. The highest BCUT2D eigenvalue weighted by molar-refractivity contribution is 6.05. The SMILES string of the molecule is COc1cc([C@@H]2Oc3cc([C@H]4Oc5cc(O)cc(O)c5C(=O)[C@@H]4O)ccc3O[C@H]2COC(=O)CCC(=O)NCCCCCCNc2c3c(nc4ccccc24)CCCC3)ccc1O. The quantitative estimate of drug-likeness (QED) is 0.0440. The molecule has 1 aromatic heterocycles. The van der Waals surface area contributed by atoms with Crippen LogP contribution in [0, 0.1) is 0 Å². The number of Topliss-reactive ketones (excluding diaryl/α,β-unsaturated/α-hetero) is 1. The number of rotatable bonds is 16. The molecule has 8 rings (SSSR count). The van der Waals surface area contributed by atoms with Crippen LogP contribution in [0.5, 0.6) is 40.2 Å². The van der Waals surface area contributed by atoms with E-state index in [1.807, 2.05) is 6.07 Å². The van der Waals surface area contributed by atoms with E-state index in [1.165, 1.54) is 60.5 Å². The molecule has 330 valence electrons. The Morgan fingerprint density at radius 1 is 0.794 bits per heavy atom. The monoisotopic (exact) mass is 861 g/mol. The fourth-order valence-corrected chi connectivity index (χ4v) is 8.44. The summed E-state index contributed by atoms with van der Waals surface area (Å²) in [5.74, 6) is -2.03. The molecule has 4 atom stereocenters. The summed E-state index contributed by atoms with van der Waals surface area (Å²) in [6.45, 7) is 1.14. The molecule has 3 heterocycles. The number of pyridine rings is 1. The number of anilines is 1. The van der Waals surface area contributed by atoms with Crippen molar-refractivity contribution in [3.05, 3.63) is 101 Å². The number of aliphatic hydroxyl groups is 1. The Labute approximate surface area is 363 Å². The lowest BCUT2D eigenvalue weighted by molar-refractivity contribution is -0.149. The molecule has 4 aromatic carbocycles. The maximum absolute atomic E-state index is 13.1. The fourth-order valence-electron chi connectivity index (χ4n) is 8.44. The van der Waals surface area contributed by atoms with Gasteiger partial charge in [0.15, 0.2) is 47.4 Å². The van der Waals surface area contributed by atoms with E-state index in [1.54, 1.807) is 24.3 Å². The number of amides is 1. The van der Waals surface area contributed by atoms with Crippen molar-refractivity contribution in [1.82, 2.24) is 10.3 Å². The number of hydrogen-bond donors (Lipinski definition) is 6. The van der Waals surface area contributed by atoms with E-state index >= 15 is 0 Å². The lowest BCUT2D eigenvalue weighted by atomic mass is 9.92. The molecule has 0 spiro atoms. The van der Waals surface area contributed by atoms with Crippen LogP contribution < -0.4 is 29.6 Å². The van der Waals surface area contributed by atoms with E-state index < -0.39 is 41.9 Å². The first-order chi connectivity index (χ1) is 30.6. The van der Waals surface area contributed by atoms with Crippen LogP contribution >= 0.6 is 0 Å². The van der Waals surface area contributed by atoms with Crippen molar-refractivity contribution in [2.24, 2.45) is 0 Å². The van der Waals surface area contributed by atoms with Gasteiger partial charge in [-0.2, -0.15) is 0 Å². The molecule has 5 aromatic rings. The molecule has 15 nitrogen and oxygen atoms in total. The summed E-state index contributed by atoms with van der Waals surface area (Å²) in [5, 5.41) is 49.2. The number of carbonyl (C=O) groups excluding carboxylic acids is 3. The number of phenolic OH excluding ortho intramolecular Hbond substituents is 3. The summed E-state index contributed by atoms with van der Waals surface area (Å²) in [6.07, 6.45) is 3.39. The Bertz CT molecular complexity index is 2510. The molecular formula is C48H51N3O12. The topological polar surface area (TPSA) is 215 Å². The van der Waals surface area contributed by atoms with Crippen LogP contribution in [-0.4, -0.2) is 82.1 Å². The normalized spacial score (nSPS) is 18.7. The van der Waals surface area contributed by atoms with Crippen molar-refractivity contribution in [2.75, 3.05) is 32.1 Å². The van der Waals surface area contributed by atoms with Crippen LogP contribution in [0.4, 0.5) is 5.69 Å². The van der Waals surface area contributed by atoms with Gasteiger partial charge < -0.3 is 54.7 Å². The van der Waals surface area contributed by atoms with Crippen molar-refractivity contribution in [3.8, 4) is 40.2 Å². The van der Waals surface area contributed by atoms with Crippen molar-refractivity contribution in [1.29, 1.82) is 0 Å². The van der Waals surface area contributed by atoms with Gasteiger partial charge in [-0.1, -0.05) is 43.2 Å². The first kappa shape index (κ1) is 42.9. The number of aliphatic hydroxyl groups excluding tert-OH is 1. The summed E-state index contributed by atoms with van der Waals surface area (Å²) in [6, 6.07) is 19.7. The Morgan fingerprint density at radius 3 is 2.40 bits per heavy atom. The zero-order chi connectivity index (χ0) is 44.0. The first-order valence-corrected chi connectivity index (χ1v) is 21.4. The number of ether oxygens (including phenoxy) is 5. The molecule has 0 saturated carbocycles. The molecule has 1 amide bonds. The molecule has 0 unspecified atom stereocenters. The Balaban J connectivity index is 0.813. The zero-order valence-electron chi connectivity index (χ0n) is 34.9. The maximum atomic E-state index is 13.1. The van der Waals surface area contributed by atoms with Crippen molar-refractivity contribution < 1.29 is 58.5 Å². The number of methoxy groups -OCH3 is 1. The number of carbonyl (C=O) groups is 3. The number of unbranched alkanes of at least 4 members (excludes halogenated alkanes) is 3. The predicted octanol–water partition coefficient (Wildman–Crippen LogP) is 6.91. The minimum atomic E-state index is -1.69. The highest BCUT2D eigenvalue weighted by Crippen LogP contribution is 2.46. The van der Waals surface area contributed by atoms with E-state index in [9.17, 15) is 34.8 Å². The van der Waals surface area contributed by atoms with Gasteiger partial charge in [0.05, 0.1) is 19.0 Å². The minimum Gasteiger partial charge on any atom is -0.508 e. The summed E-state index contributed by atoms with van der Waals surface area (Å²) in [4.78, 5) is 43.5. The highest BCUT2D eigenvalue weighted by atomic mass is 16.6. The number of nitrogens with one attached hydrogen (secondary N) is 2. The highest BCUT2D eigenvalue weighted by Gasteiger charge is 2.41. The van der Waals surface area contributed by atoms with Gasteiger partial charge in [0, 0.05) is 54.0 Å². The average Bonchev–Trinajstić information content (AvgIpc) is 3.28. The number of aryl methyl sites for hydroxylation is 1. The van der Waals surface area contributed by atoms with Gasteiger partial charge in [0.2, 0.25) is 11.7 Å². The van der Waals surface area contributed by atoms with E-state index in [2.05, 4.69) is 28.8 Å². The van der Waals surface area contributed by atoms with Crippen molar-refractivity contribution in [2.45, 2.75) is 88.6 Å². The molecule has 0 radical (unpaired) electrons. The molecule has 6 N–H and O–H groups in total. The first-order valence-electron chi connectivity index (χ1n) is 21.4. The van der Waals surface area contributed by atoms with Crippen molar-refractivity contribution in [3.63, 3.8) is 0 Å². The molecule has 0 saturated heterocycles. The zero-order valence-corrected chi connectivity index (χ0v) is 34.9. The van der Waals surface area contributed by atoms with Crippen LogP contribution in [0.25, 0.3) is 10.9 Å². The van der Waals surface area contributed by atoms with Gasteiger partial charge in [-0.3, -0.25) is 19.4 Å². The van der Waals surface area contributed by atoms with E-state index in [-0.39, 0.29) is 65.4 Å². The molecule has 0 fully saturated rings. The summed E-state index contributed by atoms with van der Waals surface area (Å²) < 4.78 is 29.5. The Hall–Kier alpha value is -6.74. The third kappa shape index (κ3) is 9.53. The predicted molar refractivity (Wildman–Crippen MR) is 231 cm³/mol. The number of phenols is 3. The van der Waals surface area contributed by atoms with Gasteiger partial charge in [-0.25, -0.2) is 0 Å². The number of fused-ring (bicyclic) bond motifs is 4. The number of benzene rings is 4. The molecule has 15 heteroatoms. The van der Waals surface area contributed by atoms with Gasteiger partial charge in [0.25, 0.3) is 0 Å². The molecule has 3 aliphatic rings. The largest absolute Gasteiger partial charge is 0.508 e. The third-order valence-corrected chi connectivity index (χ3v) is 11.7. The Kier molecular flexibility index (Phi) is 13.0. The summed E-state index contributed by atoms with van der Waals surface area (Å²) >= 11 is 0. The number of aromatic nitrogens is 1. The van der Waals surface area contributed by atoms with Gasteiger partial charge in [0.1, 0.15) is 29.4 Å². The molecule has 2 aliphatic heterocycles. The average molecular weight is 862 g/mol. The van der Waals surface area contributed by atoms with Crippen LogP contribution in [0.3, 0.4) is 0 Å². The number of hydrogen-bond acceptors (Lipinski definition) is 14. The second-order valence-electron chi connectivity index (χ2n) is 16.0. The standard InChI is InChI=1S/C48H51N3O12/c1-59-37-22-27(14-16-34(37)53)47-40(61-36-17-15-28(23-38(36)62-47)48-46(58)45(57)43-35(54)24-29(52)25-39(43)63-48)26-60-42(56)19-18-41(55)49-20-8-2-3-9-21-50-44-30-10-4-6-12-32(30)51-33-13-7-5-11-31(33)44/h4,6,10,12,14-17,22-25,40,46-48,52-54,58H,2-3,5,7-9,11,13,18-21,26H2,1H3,(H,49,55)(H,50,51)/t40-,46-,47-,48+/m0/s1. The summed E-state index contributed by atoms with van der Waals surface area (Å²) in [5.41, 5.74) is 5.45. The number of ketones is 1. The van der Waals surface area contributed by atoms with E-state index in [0.717, 1.165) is 56.7 Å². The van der Waals surface area contributed by atoms with Gasteiger partial charge in [-0.15, -0.1) is 0 Å². The number of esters is 1. The molecule has 63 heavy (non-hydrogen) atoms. The fraction of sp³-hybridized carbons (Fsp3) is 0.375. The van der Waals surface area contributed by atoms with Gasteiger partial charge in [-0.05, 0) is 80.0 Å². The van der Waals surface area contributed by atoms with E-state index in [0.29, 0.717) is 17.7 Å². The molecule has 1 aliphatic carbocycles. The minimum absolute atomic E-state index is 0.0412. The summed E-state index contributed by atoms with van der Waals surface area (Å²) in [7, 11) is 1.40. The Morgan fingerprint density at radius 2 is 1.56 bits per heavy atom. The van der Waals surface area contributed by atoms with Crippen LogP contribution in [0.1, 0.15) is 96.3 Å². The van der Waals surface area contributed by atoms with Crippen LogP contribution in [0.2, 0.25) is 0 Å². The second kappa shape index (κ2) is 19.1. The third-order valence-electron chi connectivity index (χ3n) is 11.7. The maximum Gasteiger partial charge on any atom is 0.306 e. The lowest BCUT2D eigenvalue weighted by Gasteiger charge is -2.35. The number of para-hydroxylation sites is 1. The van der Waals surface area contributed by atoms with Gasteiger partial charge >= 0.3 is 5.97 Å². The smallest absolute Gasteiger partial charge is 0.306 e. The molecule has 0 bridgehead atoms. The second-order valence-corrected chi connectivity index (χ2v) is 16.0. The van der Waals surface area contributed by atoms with E-state index in [4.69, 9.17) is 28.7 Å². The lowest BCUT2D eigenvalue weighted by Crippen LogP contribution is -2.38. The number of nitrogens with zero attached hydrogens (tertiary/aromatic N) is 1. The van der Waals surface area contributed by atoms with Crippen LogP contribution in [-0.2, 0) is 27.2 Å². The van der Waals surface area contributed by atoms with Crippen LogP contribution in [0.15, 0.2) is 72.8 Å². The number of aromatic hydroxyl groups is 3. The van der Waals surface area contributed by atoms with Crippen molar-refractivity contribution >= 4 is 34.3 Å².